The summed E-state index contributed by atoms with van der Waals surface area (Å²) in [7, 11) is -3.89. The van der Waals surface area contributed by atoms with Gasteiger partial charge in [-0.15, -0.1) is 0 Å². The Morgan fingerprint density at radius 2 is 2.10 bits per heavy atom. The average molecular weight is 299 g/mol. The van der Waals surface area contributed by atoms with Gasteiger partial charge in [0.25, 0.3) is 0 Å². The minimum atomic E-state index is -3.89. The molecule has 2 N–H and O–H groups in total. The Balaban J connectivity index is 2.14. The fourth-order valence-corrected chi connectivity index (χ4v) is 3.02. The number of hydrogen-bond donors (Lipinski definition) is 2. The SMILES string of the molecule is Cc1c(F)cccc1S(=O)(=O)NCC(O)c1ccco1. The van der Waals surface area contributed by atoms with E-state index in [1.165, 1.54) is 37.5 Å². The lowest BCUT2D eigenvalue weighted by molar-refractivity contribution is 0.154. The second-order valence-corrected chi connectivity index (χ2v) is 5.98. The molecule has 2 aromatic rings. The largest absolute Gasteiger partial charge is 0.467 e. The molecule has 1 aromatic carbocycles. The van der Waals surface area contributed by atoms with Gasteiger partial charge >= 0.3 is 0 Å². The smallest absolute Gasteiger partial charge is 0.241 e. The molecule has 0 aliphatic rings. The van der Waals surface area contributed by atoms with Gasteiger partial charge in [-0.25, -0.2) is 17.5 Å². The summed E-state index contributed by atoms with van der Waals surface area (Å²) in [5, 5.41) is 9.75. The molecular formula is C13H14FNO4S. The number of furan rings is 1. The van der Waals surface area contributed by atoms with Crippen molar-refractivity contribution in [3.63, 3.8) is 0 Å². The van der Waals surface area contributed by atoms with Crippen molar-refractivity contribution in [3.05, 3.63) is 53.7 Å². The van der Waals surface area contributed by atoms with E-state index in [2.05, 4.69) is 4.72 Å². The third-order valence-electron chi connectivity index (χ3n) is 2.85. The molecular weight excluding hydrogens is 285 g/mol. The van der Waals surface area contributed by atoms with Crippen LogP contribution in [0.25, 0.3) is 0 Å². The van der Waals surface area contributed by atoms with Gasteiger partial charge in [0.1, 0.15) is 17.7 Å². The molecule has 1 atom stereocenters. The number of aliphatic hydroxyl groups excluding tert-OH is 1. The number of rotatable bonds is 5. The topological polar surface area (TPSA) is 79.5 Å². The van der Waals surface area contributed by atoms with E-state index in [0.29, 0.717) is 0 Å². The molecule has 0 fully saturated rings. The lowest BCUT2D eigenvalue weighted by Crippen LogP contribution is -2.29. The van der Waals surface area contributed by atoms with Gasteiger partial charge in [-0.3, -0.25) is 0 Å². The molecule has 0 amide bonds. The van der Waals surface area contributed by atoms with Crippen molar-refractivity contribution < 1.29 is 22.3 Å². The van der Waals surface area contributed by atoms with Crippen LogP contribution in [0.15, 0.2) is 45.9 Å². The lowest BCUT2D eigenvalue weighted by atomic mass is 10.2. The summed E-state index contributed by atoms with van der Waals surface area (Å²) in [5.74, 6) is -0.344. The fourth-order valence-electron chi connectivity index (χ4n) is 1.73. The van der Waals surface area contributed by atoms with Crippen LogP contribution in [0.1, 0.15) is 17.4 Å². The van der Waals surface area contributed by atoms with Crippen molar-refractivity contribution >= 4 is 10.0 Å². The molecule has 1 aromatic heterocycles. The van der Waals surface area contributed by atoms with Crippen molar-refractivity contribution in [2.45, 2.75) is 17.9 Å². The van der Waals surface area contributed by atoms with Gasteiger partial charge in [-0.05, 0) is 31.2 Å². The number of nitrogens with one attached hydrogen (secondary N) is 1. The van der Waals surface area contributed by atoms with Gasteiger partial charge < -0.3 is 9.52 Å². The summed E-state index contributed by atoms with van der Waals surface area (Å²) >= 11 is 0. The quantitative estimate of drug-likeness (QED) is 0.881. The Morgan fingerprint density at radius 1 is 1.35 bits per heavy atom. The van der Waals surface area contributed by atoms with E-state index in [4.69, 9.17) is 4.42 Å². The molecule has 0 bridgehead atoms. The Labute approximate surface area is 116 Å². The number of benzene rings is 1. The van der Waals surface area contributed by atoms with E-state index in [-0.39, 0.29) is 22.8 Å². The third kappa shape index (κ3) is 3.06. The lowest BCUT2D eigenvalue weighted by Gasteiger charge is -2.12. The molecule has 1 heterocycles. The Hall–Kier alpha value is -1.70. The fraction of sp³-hybridized carbons (Fsp3) is 0.231. The van der Waals surface area contributed by atoms with Gasteiger partial charge in [0.15, 0.2) is 0 Å². The highest BCUT2D eigenvalue weighted by Gasteiger charge is 2.20. The number of sulfonamides is 1. The van der Waals surface area contributed by atoms with E-state index in [1.54, 1.807) is 6.07 Å². The maximum atomic E-state index is 13.4. The van der Waals surface area contributed by atoms with E-state index < -0.39 is 21.9 Å². The van der Waals surface area contributed by atoms with Gasteiger partial charge in [-0.2, -0.15) is 0 Å². The molecule has 0 radical (unpaired) electrons. The van der Waals surface area contributed by atoms with Crippen LogP contribution in [-0.4, -0.2) is 20.1 Å². The molecule has 0 spiro atoms. The summed E-state index contributed by atoms with van der Waals surface area (Å²) in [6.45, 7) is 1.12. The highest BCUT2D eigenvalue weighted by atomic mass is 32.2. The zero-order valence-electron chi connectivity index (χ0n) is 10.7. The highest BCUT2D eigenvalue weighted by molar-refractivity contribution is 7.89. The minimum Gasteiger partial charge on any atom is -0.467 e. The maximum Gasteiger partial charge on any atom is 0.241 e. The minimum absolute atomic E-state index is 0.0347. The van der Waals surface area contributed by atoms with Gasteiger partial charge in [0.05, 0.1) is 11.2 Å². The zero-order valence-corrected chi connectivity index (χ0v) is 11.5. The molecule has 108 valence electrons. The summed E-state index contributed by atoms with van der Waals surface area (Å²) in [4.78, 5) is -0.149. The molecule has 5 nitrogen and oxygen atoms in total. The van der Waals surface area contributed by atoms with E-state index in [1.807, 2.05) is 0 Å². The van der Waals surface area contributed by atoms with Crippen molar-refractivity contribution in [2.75, 3.05) is 6.54 Å². The normalized spacial score (nSPS) is 13.3. The predicted molar refractivity (Wildman–Crippen MR) is 70.0 cm³/mol. The summed E-state index contributed by atoms with van der Waals surface area (Å²) in [5.41, 5.74) is 0.0347. The van der Waals surface area contributed by atoms with E-state index in [0.717, 1.165) is 0 Å². The van der Waals surface area contributed by atoms with Gasteiger partial charge in [0.2, 0.25) is 10.0 Å². The Bertz CT molecular complexity index is 682. The first-order valence-corrected chi connectivity index (χ1v) is 7.36. The molecule has 2 rings (SSSR count). The summed E-state index contributed by atoms with van der Waals surface area (Å²) in [6.07, 6.45) is 0.276. The first-order chi connectivity index (χ1) is 9.42. The average Bonchev–Trinajstić information content (AvgIpc) is 2.93. The molecule has 1 unspecified atom stereocenters. The van der Waals surface area contributed by atoms with Crippen LogP contribution in [0.3, 0.4) is 0 Å². The van der Waals surface area contributed by atoms with Crippen molar-refractivity contribution in [3.8, 4) is 0 Å². The molecule has 0 saturated heterocycles. The zero-order chi connectivity index (χ0) is 14.8. The van der Waals surface area contributed by atoms with Gasteiger partial charge in [0, 0.05) is 12.1 Å². The van der Waals surface area contributed by atoms with Crippen LogP contribution in [0.4, 0.5) is 4.39 Å². The second-order valence-electron chi connectivity index (χ2n) is 4.25. The predicted octanol–water partition coefficient (Wildman–Crippen LogP) is 1.74. The van der Waals surface area contributed by atoms with Crippen LogP contribution < -0.4 is 4.72 Å². The Morgan fingerprint density at radius 3 is 2.75 bits per heavy atom. The van der Waals surface area contributed by atoms with Crippen LogP contribution in [-0.2, 0) is 10.0 Å². The first kappa shape index (κ1) is 14.7. The molecule has 0 saturated carbocycles. The Kier molecular flexibility index (Phi) is 4.22. The highest BCUT2D eigenvalue weighted by Crippen LogP contribution is 2.18. The number of aliphatic hydroxyl groups is 1. The molecule has 0 aliphatic carbocycles. The van der Waals surface area contributed by atoms with Crippen LogP contribution in [0.2, 0.25) is 0 Å². The molecule has 20 heavy (non-hydrogen) atoms. The van der Waals surface area contributed by atoms with E-state index >= 15 is 0 Å². The third-order valence-corrected chi connectivity index (χ3v) is 4.41. The standard InChI is InChI=1S/C13H14FNO4S/c1-9-10(14)4-2-6-13(9)20(17,18)15-8-11(16)12-5-3-7-19-12/h2-7,11,15-16H,8H2,1H3. The molecule has 0 aliphatic heterocycles. The van der Waals surface area contributed by atoms with Crippen LogP contribution in [0, 0.1) is 12.7 Å². The number of halogens is 1. The maximum absolute atomic E-state index is 13.4. The van der Waals surface area contributed by atoms with Crippen molar-refractivity contribution in [1.29, 1.82) is 0 Å². The number of hydrogen-bond acceptors (Lipinski definition) is 4. The van der Waals surface area contributed by atoms with Crippen LogP contribution >= 0.6 is 0 Å². The monoisotopic (exact) mass is 299 g/mol. The molecule has 7 heteroatoms. The van der Waals surface area contributed by atoms with Gasteiger partial charge in [-0.1, -0.05) is 6.07 Å². The first-order valence-electron chi connectivity index (χ1n) is 5.88. The summed E-state index contributed by atoms with van der Waals surface area (Å²) < 4.78 is 44.7. The summed E-state index contributed by atoms with van der Waals surface area (Å²) in [6, 6.07) is 6.93. The van der Waals surface area contributed by atoms with Crippen molar-refractivity contribution in [1.82, 2.24) is 4.72 Å². The second kappa shape index (κ2) is 5.74. The van der Waals surface area contributed by atoms with Crippen molar-refractivity contribution in [2.24, 2.45) is 0 Å². The van der Waals surface area contributed by atoms with E-state index in [9.17, 15) is 17.9 Å². The van der Waals surface area contributed by atoms with Crippen LogP contribution in [0.5, 0.6) is 0 Å².